The number of carbonyl (C=O) groups excluding carboxylic acids is 2. The molecule has 4 nitrogen and oxygen atoms in total. The van der Waals surface area contributed by atoms with Crippen molar-refractivity contribution in [2.75, 3.05) is 0 Å². The Morgan fingerprint density at radius 1 is 1.41 bits per heavy atom. The Morgan fingerprint density at radius 3 is 2.73 bits per heavy atom. The van der Waals surface area contributed by atoms with Gasteiger partial charge in [0, 0.05) is 11.6 Å². The molecule has 0 fully saturated rings. The van der Waals surface area contributed by atoms with Crippen molar-refractivity contribution < 1.29 is 9.59 Å². The highest BCUT2D eigenvalue weighted by atomic mass is 79.9. The smallest absolute Gasteiger partial charge is 0.253 e. The normalized spacial score (nSPS) is 15.1. The SMILES string of the molecule is CCC(C)(NC(=O)c1cnc2ccccc2c1)C(=O)C(Cl)Br. The fourth-order valence-corrected chi connectivity index (χ4v) is 2.83. The minimum absolute atomic E-state index is 0.279. The Kier molecular flexibility index (Phi) is 5.19. The van der Waals surface area contributed by atoms with E-state index in [9.17, 15) is 9.59 Å². The summed E-state index contributed by atoms with van der Waals surface area (Å²) in [4.78, 5) is 28.9. The summed E-state index contributed by atoms with van der Waals surface area (Å²) in [6.45, 7) is 3.49. The first kappa shape index (κ1) is 16.9. The number of benzene rings is 1. The number of hydrogen-bond acceptors (Lipinski definition) is 3. The number of para-hydroxylation sites is 1. The number of hydrogen-bond donors (Lipinski definition) is 1. The van der Waals surface area contributed by atoms with Crippen LogP contribution in [-0.4, -0.2) is 26.5 Å². The van der Waals surface area contributed by atoms with Crippen LogP contribution in [0, 0.1) is 0 Å². The molecule has 1 N–H and O–H groups in total. The second-order valence-electron chi connectivity index (χ2n) is 5.22. The second-order valence-corrected chi connectivity index (χ2v) is 7.10. The van der Waals surface area contributed by atoms with E-state index >= 15 is 0 Å². The van der Waals surface area contributed by atoms with Gasteiger partial charge in [-0.05, 0) is 25.5 Å². The number of carbonyl (C=O) groups is 2. The minimum atomic E-state index is -1.03. The van der Waals surface area contributed by atoms with E-state index in [1.807, 2.05) is 31.2 Å². The lowest BCUT2D eigenvalue weighted by Gasteiger charge is -2.28. The Hall–Kier alpha value is -1.46. The molecule has 1 aromatic heterocycles. The van der Waals surface area contributed by atoms with Crippen molar-refractivity contribution >= 4 is 50.1 Å². The third-order valence-corrected chi connectivity index (χ3v) is 4.31. The van der Waals surface area contributed by atoms with Gasteiger partial charge in [0.05, 0.1) is 16.6 Å². The summed E-state index contributed by atoms with van der Waals surface area (Å²) in [5.41, 5.74) is 0.195. The summed E-state index contributed by atoms with van der Waals surface area (Å²) in [7, 11) is 0. The van der Waals surface area contributed by atoms with Gasteiger partial charge in [0.25, 0.3) is 5.91 Å². The van der Waals surface area contributed by atoms with Gasteiger partial charge in [-0.2, -0.15) is 0 Å². The molecule has 0 radical (unpaired) electrons. The Morgan fingerprint density at radius 2 is 2.09 bits per heavy atom. The Balaban J connectivity index is 2.27. The highest BCUT2D eigenvalue weighted by Crippen LogP contribution is 2.21. The Bertz CT molecular complexity index is 720. The molecule has 0 saturated carbocycles. The number of aromatic nitrogens is 1. The number of halogens is 2. The van der Waals surface area contributed by atoms with Crippen LogP contribution in [0.15, 0.2) is 36.5 Å². The van der Waals surface area contributed by atoms with Gasteiger partial charge in [-0.25, -0.2) is 0 Å². The topological polar surface area (TPSA) is 59.1 Å². The zero-order chi connectivity index (χ0) is 16.3. The molecule has 1 heterocycles. The number of fused-ring (bicyclic) bond motifs is 1. The van der Waals surface area contributed by atoms with E-state index in [-0.39, 0.29) is 11.7 Å². The fourth-order valence-electron chi connectivity index (χ4n) is 2.08. The largest absolute Gasteiger partial charge is 0.340 e. The van der Waals surface area contributed by atoms with Crippen molar-refractivity contribution in [3.63, 3.8) is 0 Å². The monoisotopic (exact) mass is 382 g/mol. The van der Waals surface area contributed by atoms with Gasteiger partial charge in [0.2, 0.25) is 0 Å². The van der Waals surface area contributed by atoms with Gasteiger partial charge in [-0.1, -0.05) is 41.1 Å². The third-order valence-electron chi connectivity index (χ3n) is 3.69. The van der Waals surface area contributed by atoms with Crippen molar-refractivity contribution in [3.05, 3.63) is 42.1 Å². The third kappa shape index (κ3) is 3.47. The number of nitrogens with zero attached hydrogens (tertiary/aromatic N) is 1. The van der Waals surface area contributed by atoms with E-state index in [0.717, 1.165) is 10.9 Å². The van der Waals surface area contributed by atoms with Gasteiger partial charge < -0.3 is 5.32 Å². The summed E-state index contributed by atoms with van der Waals surface area (Å²) in [6.07, 6.45) is 1.94. The molecule has 0 saturated heterocycles. The van der Waals surface area contributed by atoms with Crippen LogP contribution in [0.1, 0.15) is 30.6 Å². The second kappa shape index (κ2) is 6.75. The number of amides is 1. The van der Waals surface area contributed by atoms with Crippen LogP contribution < -0.4 is 5.32 Å². The van der Waals surface area contributed by atoms with Gasteiger partial charge in [0.1, 0.15) is 4.29 Å². The summed E-state index contributed by atoms with van der Waals surface area (Å²) >= 11 is 8.85. The summed E-state index contributed by atoms with van der Waals surface area (Å²) < 4.78 is -0.840. The van der Waals surface area contributed by atoms with Gasteiger partial charge in [0.15, 0.2) is 5.78 Å². The molecular weight excluding hydrogens is 368 g/mol. The molecule has 0 aliphatic heterocycles. The standard InChI is InChI=1S/C16H16BrClN2O2/c1-3-16(2,13(21)14(17)18)20-15(22)11-8-10-6-4-5-7-12(10)19-9-11/h4-9,14H,3H2,1-2H3,(H,20,22). The average molecular weight is 384 g/mol. The van der Waals surface area contributed by atoms with Crippen molar-refractivity contribution in [2.45, 2.75) is 30.1 Å². The predicted molar refractivity (Wildman–Crippen MR) is 91.5 cm³/mol. The fraction of sp³-hybridized carbons (Fsp3) is 0.312. The molecule has 2 aromatic rings. The molecule has 0 spiro atoms. The number of pyridine rings is 1. The zero-order valence-corrected chi connectivity index (χ0v) is 14.6. The van der Waals surface area contributed by atoms with Crippen molar-refractivity contribution in [1.29, 1.82) is 0 Å². The molecule has 2 unspecified atom stereocenters. The van der Waals surface area contributed by atoms with Crippen LogP contribution >= 0.6 is 27.5 Å². The molecule has 1 amide bonds. The van der Waals surface area contributed by atoms with Crippen LogP contribution in [-0.2, 0) is 4.79 Å². The van der Waals surface area contributed by atoms with E-state index in [1.54, 1.807) is 13.0 Å². The molecule has 6 heteroatoms. The van der Waals surface area contributed by atoms with Crippen LogP contribution in [0.5, 0.6) is 0 Å². The lowest BCUT2D eigenvalue weighted by Crippen LogP contribution is -2.53. The number of nitrogens with one attached hydrogen (secondary N) is 1. The molecular formula is C16H16BrClN2O2. The van der Waals surface area contributed by atoms with Gasteiger partial charge in [-0.3, -0.25) is 14.6 Å². The highest BCUT2D eigenvalue weighted by molar-refractivity contribution is 9.10. The number of ketones is 1. The molecule has 116 valence electrons. The maximum Gasteiger partial charge on any atom is 0.253 e. The van der Waals surface area contributed by atoms with Crippen LogP contribution in [0.25, 0.3) is 10.9 Å². The molecule has 2 rings (SSSR count). The van der Waals surface area contributed by atoms with E-state index in [0.29, 0.717) is 12.0 Å². The molecule has 0 aliphatic rings. The average Bonchev–Trinajstić information content (AvgIpc) is 2.53. The maximum atomic E-state index is 12.4. The first-order valence-corrected chi connectivity index (χ1v) is 8.22. The first-order chi connectivity index (χ1) is 10.4. The van der Waals surface area contributed by atoms with Crippen molar-refractivity contribution in [1.82, 2.24) is 10.3 Å². The number of Topliss-reactive ketones (excluding diaryl/α,β-unsaturated/α-hetero) is 1. The van der Waals surface area contributed by atoms with E-state index in [4.69, 9.17) is 11.6 Å². The van der Waals surface area contributed by atoms with Crippen molar-refractivity contribution in [3.8, 4) is 0 Å². The summed E-state index contributed by atoms with van der Waals surface area (Å²) in [5.74, 6) is -0.625. The lowest BCUT2D eigenvalue weighted by atomic mass is 9.93. The van der Waals surface area contributed by atoms with E-state index in [1.165, 1.54) is 6.20 Å². The van der Waals surface area contributed by atoms with Crippen LogP contribution in [0.2, 0.25) is 0 Å². The zero-order valence-electron chi connectivity index (χ0n) is 12.3. The molecule has 22 heavy (non-hydrogen) atoms. The summed E-state index contributed by atoms with van der Waals surface area (Å²) in [5, 5.41) is 3.63. The quantitative estimate of drug-likeness (QED) is 0.802. The van der Waals surface area contributed by atoms with Gasteiger partial charge in [-0.15, -0.1) is 11.6 Å². The predicted octanol–water partition coefficient (Wildman–Crippen LogP) is 3.66. The van der Waals surface area contributed by atoms with Crippen LogP contribution in [0.3, 0.4) is 0 Å². The first-order valence-electron chi connectivity index (χ1n) is 6.87. The highest BCUT2D eigenvalue weighted by Gasteiger charge is 2.36. The lowest BCUT2D eigenvalue weighted by molar-refractivity contribution is -0.122. The molecule has 0 bridgehead atoms. The van der Waals surface area contributed by atoms with E-state index < -0.39 is 9.83 Å². The van der Waals surface area contributed by atoms with Gasteiger partial charge >= 0.3 is 0 Å². The van der Waals surface area contributed by atoms with Crippen molar-refractivity contribution in [2.24, 2.45) is 0 Å². The molecule has 0 aliphatic carbocycles. The molecule has 2 atom stereocenters. The number of alkyl halides is 2. The summed E-state index contributed by atoms with van der Waals surface area (Å²) in [6, 6.07) is 9.29. The van der Waals surface area contributed by atoms with E-state index in [2.05, 4.69) is 26.2 Å². The number of rotatable bonds is 5. The molecule has 1 aromatic carbocycles. The minimum Gasteiger partial charge on any atom is -0.340 e. The maximum absolute atomic E-state index is 12.4. The Labute approximate surface area is 142 Å². The van der Waals surface area contributed by atoms with Crippen LogP contribution in [0.4, 0.5) is 0 Å².